The van der Waals surface area contributed by atoms with E-state index >= 15 is 0 Å². The number of amides is 1. The van der Waals surface area contributed by atoms with Crippen LogP contribution >= 0.6 is 12.6 Å². The van der Waals surface area contributed by atoms with Gasteiger partial charge in [0.15, 0.2) is 0 Å². The van der Waals surface area contributed by atoms with Crippen molar-refractivity contribution in [3.63, 3.8) is 0 Å². The summed E-state index contributed by atoms with van der Waals surface area (Å²) in [6.07, 6.45) is 1.46. The lowest BCUT2D eigenvalue weighted by Crippen LogP contribution is -2.61. The largest absolute Gasteiger partial charge is 0.445 e. The number of thiol groups is 1. The number of nitro benzene ring substituents is 1. The molecule has 1 aromatic carbocycles. The van der Waals surface area contributed by atoms with Crippen molar-refractivity contribution >= 4 is 24.4 Å². The van der Waals surface area contributed by atoms with Crippen LogP contribution in [0.1, 0.15) is 18.4 Å². The number of likely N-dealkylation sites (tertiary alicyclic amines) is 1. The van der Waals surface area contributed by atoms with Crippen LogP contribution < -0.4 is 5.32 Å². The van der Waals surface area contributed by atoms with Gasteiger partial charge >= 0.3 is 6.09 Å². The first-order chi connectivity index (χ1) is 11.0. The summed E-state index contributed by atoms with van der Waals surface area (Å²) in [5.41, 5.74) is 0.741. The molecule has 0 radical (unpaired) electrons. The molecule has 1 aromatic rings. The summed E-state index contributed by atoms with van der Waals surface area (Å²) in [6, 6.07) is 6.69. The predicted octanol–water partition coefficient (Wildman–Crippen LogP) is 1.97. The highest BCUT2D eigenvalue weighted by molar-refractivity contribution is 7.81. The molecule has 3 rings (SSSR count). The van der Waals surface area contributed by atoms with E-state index in [1.54, 1.807) is 12.1 Å². The molecule has 0 spiro atoms. The monoisotopic (exact) mass is 337 g/mol. The molecule has 1 aliphatic carbocycles. The molecular weight excluding hydrogens is 318 g/mol. The van der Waals surface area contributed by atoms with Gasteiger partial charge in [-0.15, -0.1) is 0 Å². The number of carbonyl (C=O) groups is 1. The van der Waals surface area contributed by atoms with Crippen LogP contribution in [0.25, 0.3) is 0 Å². The maximum absolute atomic E-state index is 11.7. The minimum Gasteiger partial charge on any atom is -0.445 e. The Hall–Kier alpha value is -1.80. The molecule has 1 aliphatic heterocycles. The molecule has 1 heterocycles. The molecule has 0 atom stereocenters. The van der Waals surface area contributed by atoms with Gasteiger partial charge in [-0.1, -0.05) is 0 Å². The van der Waals surface area contributed by atoms with Crippen molar-refractivity contribution < 1.29 is 14.5 Å². The molecule has 1 saturated heterocycles. The summed E-state index contributed by atoms with van der Waals surface area (Å²) in [7, 11) is 0. The molecule has 2 aliphatic rings. The van der Waals surface area contributed by atoms with Crippen LogP contribution in [-0.2, 0) is 11.3 Å². The SMILES string of the molecule is O=C(NC1CC(N2CC(S)C2)C1)OCc1ccc([N+](=O)[O-])cc1. The Morgan fingerprint density at radius 3 is 2.57 bits per heavy atom. The number of hydrogen-bond acceptors (Lipinski definition) is 6. The maximum atomic E-state index is 11.7. The Kier molecular flexibility index (Phi) is 4.72. The fraction of sp³-hybridized carbons (Fsp3) is 0.533. The molecular formula is C15H19N3O4S. The molecule has 0 unspecified atom stereocenters. The van der Waals surface area contributed by atoms with Crippen molar-refractivity contribution in [3.05, 3.63) is 39.9 Å². The van der Waals surface area contributed by atoms with Crippen molar-refractivity contribution in [1.82, 2.24) is 10.2 Å². The second-order valence-corrected chi connectivity index (χ2v) is 6.80. The zero-order chi connectivity index (χ0) is 16.4. The van der Waals surface area contributed by atoms with E-state index in [4.69, 9.17) is 4.74 Å². The second-order valence-electron chi connectivity index (χ2n) is 6.07. The van der Waals surface area contributed by atoms with Crippen molar-refractivity contribution in [2.24, 2.45) is 0 Å². The van der Waals surface area contributed by atoms with Gasteiger partial charge in [0.25, 0.3) is 5.69 Å². The van der Waals surface area contributed by atoms with Crippen molar-refractivity contribution in [2.45, 2.75) is 36.8 Å². The smallest absolute Gasteiger partial charge is 0.407 e. The van der Waals surface area contributed by atoms with Gasteiger partial charge in [-0.3, -0.25) is 15.0 Å². The Bertz CT molecular complexity index is 583. The van der Waals surface area contributed by atoms with Crippen molar-refractivity contribution in [1.29, 1.82) is 0 Å². The van der Waals surface area contributed by atoms with Gasteiger partial charge in [0.05, 0.1) is 4.92 Å². The first kappa shape index (κ1) is 16.1. The second kappa shape index (κ2) is 6.76. The number of benzene rings is 1. The lowest BCUT2D eigenvalue weighted by molar-refractivity contribution is -0.384. The number of nitro groups is 1. The van der Waals surface area contributed by atoms with Gasteiger partial charge in [0.1, 0.15) is 6.61 Å². The minimum atomic E-state index is -0.460. The van der Waals surface area contributed by atoms with Crippen LogP contribution in [0, 0.1) is 10.1 Å². The molecule has 0 aromatic heterocycles. The van der Waals surface area contributed by atoms with E-state index in [1.165, 1.54) is 12.1 Å². The van der Waals surface area contributed by atoms with E-state index in [2.05, 4.69) is 22.8 Å². The number of nitrogens with one attached hydrogen (secondary N) is 1. The molecule has 7 nitrogen and oxygen atoms in total. The highest BCUT2D eigenvalue weighted by atomic mass is 32.1. The average Bonchev–Trinajstić information content (AvgIpc) is 2.46. The normalized spacial score (nSPS) is 24.4. The molecule has 1 N–H and O–H groups in total. The number of hydrogen-bond donors (Lipinski definition) is 2. The summed E-state index contributed by atoms with van der Waals surface area (Å²) in [5.74, 6) is 0. The zero-order valence-corrected chi connectivity index (χ0v) is 13.4. The van der Waals surface area contributed by atoms with E-state index < -0.39 is 11.0 Å². The third-order valence-electron chi connectivity index (χ3n) is 4.36. The highest BCUT2D eigenvalue weighted by Gasteiger charge is 2.39. The molecule has 23 heavy (non-hydrogen) atoms. The van der Waals surface area contributed by atoms with Crippen LogP contribution in [0.15, 0.2) is 24.3 Å². The summed E-state index contributed by atoms with van der Waals surface area (Å²) >= 11 is 4.39. The Morgan fingerprint density at radius 2 is 2.00 bits per heavy atom. The lowest BCUT2D eigenvalue weighted by Gasteiger charge is -2.49. The quantitative estimate of drug-likeness (QED) is 0.487. The first-order valence-electron chi connectivity index (χ1n) is 7.60. The van der Waals surface area contributed by atoms with E-state index in [0.29, 0.717) is 11.3 Å². The van der Waals surface area contributed by atoms with Gasteiger partial charge in [-0.05, 0) is 30.5 Å². The summed E-state index contributed by atoms with van der Waals surface area (Å²) in [4.78, 5) is 24.2. The molecule has 124 valence electrons. The molecule has 0 bridgehead atoms. The van der Waals surface area contributed by atoms with Gasteiger partial charge < -0.3 is 10.1 Å². The van der Waals surface area contributed by atoms with Gasteiger partial charge in [0.2, 0.25) is 0 Å². The fourth-order valence-electron chi connectivity index (χ4n) is 2.86. The third kappa shape index (κ3) is 3.94. The Morgan fingerprint density at radius 1 is 1.35 bits per heavy atom. The predicted molar refractivity (Wildman–Crippen MR) is 87.6 cm³/mol. The molecule has 1 saturated carbocycles. The number of ether oxygens (including phenoxy) is 1. The summed E-state index contributed by atoms with van der Waals surface area (Å²) < 4.78 is 5.14. The highest BCUT2D eigenvalue weighted by Crippen LogP contribution is 2.30. The first-order valence-corrected chi connectivity index (χ1v) is 8.11. The summed E-state index contributed by atoms with van der Waals surface area (Å²) in [5, 5.41) is 13.9. The van der Waals surface area contributed by atoms with Gasteiger partial charge in [-0.25, -0.2) is 4.79 Å². The topological polar surface area (TPSA) is 84.7 Å². The van der Waals surface area contributed by atoms with Crippen molar-refractivity contribution in [2.75, 3.05) is 13.1 Å². The Labute approximate surface area is 139 Å². The summed E-state index contributed by atoms with van der Waals surface area (Å²) in [6.45, 7) is 2.17. The number of rotatable bonds is 5. The number of carbonyl (C=O) groups excluding carboxylic acids is 1. The molecule has 2 fully saturated rings. The standard InChI is InChI=1S/C15H19N3O4S/c19-15(16-11-5-13(6-11)17-7-14(23)8-17)22-9-10-1-3-12(4-2-10)18(20)21/h1-4,11,13-14,23H,5-9H2,(H,16,19). The van der Waals surface area contributed by atoms with Gasteiger partial charge in [-0.2, -0.15) is 12.6 Å². The number of alkyl carbamates (subject to hydrolysis) is 1. The van der Waals surface area contributed by atoms with E-state index in [0.717, 1.165) is 31.5 Å². The lowest BCUT2D eigenvalue weighted by atomic mass is 9.84. The fourth-order valence-corrected chi connectivity index (χ4v) is 3.28. The number of non-ortho nitro benzene ring substituents is 1. The molecule has 8 heteroatoms. The van der Waals surface area contributed by atoms with Crippen molar-refractivity contribution in [3.8, 4) is 0 Å². The molecule has 1 amide bonds. The Balaban J connectivity index is 1.35. The van der Waals surface area contributed by atoms with Gasteiger partial charge in [0, 0.05) is 42.6 Å². The average molecular weight is 337 g/mol. The van der Waals surface area contributed by atoms with Crippen LogP contribution in [0.4, 0.5) is 10.5 Å². The van der Waals surface area contributed by atoms with Crippen LogP contribution in [0.5, 0.6) is 0 Å². The van der Waals surface area contributed by atoms with Crippen LogP contribution in [0.3, 0.4) is 0 Å². The van der Waals surface area contributed by atoms with Crippen LogP contribution in [0.2, 0.25) is 0 Å². The number of nitrogens with zero attached hydrogens (tertiary/aromatic N) is 2. The third-order valence-corrected chi connectivity index (χ3v) is 4.69. The maximum Gasteiger partial charge on any atom is 0.407 e. The minimum absolute atomic E-state index is 0.0214. The van der Waals surface area contributed by atoms with E-state index in [9.17, 15) is 14.9 Å². The zero-order valence-electron chi connectivity index (χ0n) is 12.6. The van der Waals surface area contributed by atoms with E-state index in [-0.39, 0.29) is 18.3 Å². The van der Waals surface area contributed by atoms with Crippen LogP contribution in [-0.4, -0.2) is 46.3 Å². The van der Waals surface area contributed by atoms with E-state index in [1.807, 2.05) is 0 Å².